The largest absolute Gasteiger partial charge is 0.504 e. The van der Waals surface area contributed by atoms with Gasteiger partial charge in [0.15, 0.2) is 17.2 Å². The summed E-state index contributed by atoms with van der Waals surface area (Å²) in [7, 11) is 0. The van der Waals surface area contributed by atoms with Crippen LogP contribution in [0.3, 0.4) is 0 Å². The normalized spacial score (nSPS) is 9.85. The van der Waals surface area contributed by atoms with Gasteiger partial charge in [0.05, 0.1) is 0 Å². The third kappa shape index (κ3) is 2.11. The minimum atomic E-state index is -0.533. The van der Waals surface area contributed by atoms with Crippen LogP contribution in [0.1, 0.15) is 12.0 Å². The topological polar surface area (TPSA) is 77.8 Å². The molecule has 0 unspecified atom stereocenters. The number of aryl methyl sites for hydroxylation is 1. The first-order valence-corrected chi connectivity index (χ1v) is 3.82. The molecule has 0 spiro atoms. The lowest BCUT2D eigenvalue weighted by Crippen LogP contribution is -1.86. The van der Waals surface area contributed by atoms with E-state index in [0.717, 1.165) is 6.29 Å². The highest BCUT2D eigenvalue weighted by Crippen LogP contribution is 2.35. The van der Waals surface area contributed by atoms with Crippen molar-refractivity contribution in [2.45, 2.75) is 12.8 Å². The minimum Gasteiger partial charge on any atom is -0.504 e. The van der Waals surface area contributed by atoms with Crippen LogP contribution < -0.4 is 0 Å². The Morgan fingerprint density at radius 2 is 1.69 bits per heavy atom. The van der Waals surface area contributed by atoms with Crippen LogP contribution in [0, 0.1) is 0 Å². The zero-order valence-corrected chi connectivity index (χ0v) is 6.90. The molecule has 0 saturated carbocycles. The highest BCUT2D eigenvalue weighted by Gasteiger charge is 2.07. The molecule has 0 bridgehead atoms. The summed E-state index contributed by atoms with van der Waals surface area (Å²) in [5, 5.41) is 27.2. The first-order chi connectivity index (χ1) is 6.15. The minimum absolute atomic E-state index is 0.323. The smallest absolute Gasteiger partial charge is 0.200 e. The van der Waals surface area contributed by atoms with Crippen LogP contribution in [-0.2, 0) is 11.2 Å². The lowest BCUT2D eigenvalue weighted by atomic mass is 10.1. The van der Waals surface area contributed by atoms with Gasteiger partial charge in [-0.15, -0.1) is 0 Å². The summed E-state index contributed by atoms with van der Waals surface area (Å²) in [4.78, 5) is 10.0. The maximum Gasteiger partial charge on any atom is 0.200 e. The van der Waals surface area contributed by atoms with Crippen molar-refractivity contribution in [1.82, 2.24) is 0 Å². The summed E-state index contributed by atoms with van der Waals surface area (Å²) in [6.07, 6.45) is 1.51. The number of carbonyl (C=O) groups excluding carboxylic acids is 1. The van der Waals surface area contributed by atoms with Crippen LogP contribution in [0.15, 0.2) is 12.1 Å². The maximum absolute atomic E-state index is 10.0. The Kier molecular flexibility index (Phi) is 2.74. The van der Waals surface area contributed by atoms with Gasteiger partial charge in [0.1, 0.15) is 6.29 Å². The van der Waals surface area contributed by atoms with Crippen molar-refractivity contribution < 1.29 is 20.1 Å². The molecule has 0 radical (unpaired) electrons. The molecule has 1 aromatic rings. The molecule has 0 atom stereocenters. The zero-order valence-electron chi connectivity index (χ0n) is 6.90. The van der Waals surface area contributed by atoms with Crippen molar-refractivity contribution in [3.8, 4) is 17.2 Å². The van der Waals surface area contributed by atoms with Crippen LogP contribution in [-0.4, -0.2) is 21.6 Å². The molecule has 0 heterocycles. The molecule has 4 nitrogen and oxygen atoms in total. The molecule has 70 valence electrons. The van der Waals surface area contributed by atoms with Crippen molar-refractivity contribution in [1.29, 1.82) is 0 Å². The van der Waals surface area contributed by atoms with E-state index in [9.17, 15) is 4.79 Å². The third-order valence-electron chi connectivity index (χ3n) is 1.68. The van der Waals surface area contributed by atoms with Gasteiger partial charge in [-0.25, -0.2) is 0 Å². The Morgan fingerprint density at radius 3 is 2.15 bits per heavy atom. The van der Waals surface area contributed by atoms with Gasteiger partial charge in [0.25, 0.3) is 0 Å². The number of phenolic OH excluding ortho intramolecular Hbond substituents is 3. The molecule has 0 fully saturated rings. The van der Waals surface area contributed by atoms with E-state index in [1.807, 2.05) is 0 Å². The molecule has 0 aliphatic rings. The molecule has 13 heavy (non-hydrogen) atoms. The van der Waals surface area contributed by atoms with Gasteiger partial charge < -0.3 is 20.1 Å². The number of aromatic hydroxyl groups is 3. The number of carbonyl (C=O) groups is 1. The monoisotopic (exact) mass is 182 g/mol. The van der Waals surface area contributed by atoms with Crippen LogP contribution in [0.25, 0.3) is 0 Å². The average molecular weight is 182 g/mol. The lowest BCUT2D eigenvalue weighted by molar-refractivity contribution is -0.107. The number of phenols is 3. The predicted octanol–water partition coefficient (Wildman–Crippen LogP) is 0.935. The summed E-state index contributed by atoms with van der Waals surface area (Å²) in [5.41, 5.74) is 0.611. The van der Waals surface area contributed by atoms with Gasteiger partial charge in [0.2, 0.25) is 0 Å². The fourth-order valence-electron chi connectivity index (χ4n) is 1.03. The van der Waals surface area contributed by atoms with Gasteiger partial charge >= 0.3 is 0 Å². The number of benzene rings is 1. The van der Waals surface area contributed by atoms with Crippen molar-refractivity contribution in [2.24, 2.45) is 0 Å². The quantitative estimate of drug-likeness (QED) is 0.480. The molecule has 0 aliphatic carbocycles. The van der Waals surface area contributed by atoms with Crippen LogP contribution in [0.2, 0.25) is 0 Å². The number of aldehydes is 1. The molecule has 3 N–H and O–H groups in total. The molecular formula is C9H10O4. The molecule has 0 amide bonds. The van der Waals surface area contributed by atoms with E-state index in [4.69, 9.17) is 15.3 Å². The van der Waals surface area contributed by atoms with Crippen molar-refractivity contribution in [3.63, 3.8) is 0 Å². The van der Waals surface area contributed by atoms with E-state index >= 15 is 0 Å². The van der Waals surface area contributed by atoms with E-state index in [0.29, 0.717) is 18.4 Å². The maximum atomic E-state index is 10.0. The Hall–Kier alpha value is -1.71. The number of hydrogen-bond donors (Lipinski definition) is 3. The van der Waals surface area contributed by atoms with Gasteiger partial charge in [-0.2, -0.15) is 0 Å². The van der Waals surface area contributed by atoms with E-state index in [1.54, 1.807) is 0 Å². The Morgan fingerprint density at radius 1 is 1.15 bits per heavy atom. The first kappa shape index (κ1) is 9.38. The fourth-order valence-corrected chi connectivity index (χ4v) is 1.03. The Balaban J connectivity index is 2.92. The molecule has 4 heteroatoms. The SMILES string of the molecule is O=CCCc1cc(O)c(O)c(O)c1. The Labute approximate surface area is 75.1 Å². The second-order valence-electron chi connectivity index (χ2n) is 2.69. The highest BCUT2D eigenvalue weighted by molar-refractivity contribution is 5.53. The molecule has 0 saturated heterocycles. The molecular weight excluding hydrogens is 172 g/mol. The van der Waals surface area contributed by atoms with Gasteiger partial charge in [0, 0.05) is 6.42 Å². The summed E-state index contributed by atoms with van der Waals surface area (Å²) < 4.78 is 0. The van der Waals surface area contributed by atoms with Crippen LogP contribution in [0.4, 0.5) is 0 Å². The van der Waals surface area contributed by atoms with Crippen molar-refractivity contribution >= 4 is 6.29 Å². The van der Waals surface area contributed by atoms with E-state index in [-0.39, 0.29) is 11.5 Å². The summed E-state index contributed by atoms with van der Waals surface area (Å²) in [5.74, 6) is -1.28. The second-order valence-corrected chi connectivity index (χ2v) is 2.69. The van der Waals surface area contributed by atoms with Crippen LogP contribution >= 0.6 is 0 Å². The van der Waals surface area contributed by atoms with E-state index in [1.165, 1.54) is 12.1 Å². The van der Waals surface area contributed by atoms with Gasteiger partial charge in [-0.3, -0.25) is 0 Å². The zero-order chi connectivity index (χ0) is 9.84. The third-order valence-corrected chi connectivity index (χ3v) is 1.68. The number of hydrogen-bond acceptors (Lipinski definition) is 4. The first-order valence-electron chi connectivity index (χ1n) is 3.82. The molecule has 0 aliphatic heterocycles. The predicted molar refractivity (Wildman–Crippen MR) is 45.8 cm³/mol. The molecule has 1 rings (SSSR count). The summed E-state index contributed by atoms with van der Waals surface area (Å²) in [6.45, 7) is 0. The van der Waals surface area contributed by atoms with Crippen molar-refractivity contribution in [3.05, 3.63) is 17.7 Å². The summed E-state index contributed by atoms with van der Waals surface area (Å²) in [6, 6.07) is 2.64. The van der Waals surface area contributed by atoms with E-state index in [2.05, 4.69) is 0 Å². The van der Waals surface area contributed by atoms with E-state index < -0.39 is 5.75 Å². The fraction of sp³-hybridized carbons (Fsp3) is 0.222. The molecule has 0 aromatic heterocycles. The second kappa shape index (κ2) is 3.80. The lowest BCUT2D eigenvalue weighted by Gasteiger charge is -2.03. The average Bonchev–Trinajstić information content (AvgIpc) is 2.10. The number of rotatable bonds is 3. The highest BCUT2D eigenvalue weighted by atomic mass is 16.3. The summed E-state index contributed by atoms with van der Waals surface area (Å²) >= 11 is 0. The van der Waals surface area contributed by atoms with Crippen LogP contribution in [0.5, 0.6) is 17.2 Å². The standard InChI is InChI=1S/C9H10O4/c10-3-1-2-6-4-7(11)9(13)8(12)5-6/h3-5,11-13H,1-2H2. The van der Waals surface area contributed by atoms with Gasteiger partial charge in [-0.05, 0) is 24.1 Å². The molecule has 1 aromatic carbocycles. The van der Waals surface area contributed by atoms with Crippen molar-refractivity contribution in [2.75, 3.05) is 0 Å². The van der Waals surface area contributed by atoms with Gasteiger partial charge in [-0.1, -0.05) is 0 Å². The Bertz CT molecular complexity index is 296.